The zero-order chi connectivity index (χ0) is 12.7. The predicted octanol–water partition coefficient (Wildman–Crippen LogP) is 4.12. The predicted molar refractivity (Wildman–Crippen MR) is 69.1 cm³/mol. The SMILES string of the molecule is Cc1nc(-c2ccccc2C2CC2)nc(Cl)c1F. The van der Waals surface area contributed by atoms with Crippen LogP contribution in [0.3, 0.4) is 0 Å². The first kappa shape index (κ1) is 11.6. The summed E-state index contributed by atoms with van der Waals surface area (Å²) in [6, 6.07) is 8.01. The Hall–Kier alpha value is -1.48. The van der Waals surface area contributed by atoms with E-state index in [0.717, 1.165) is 5.56 Å². The monoisotopic (exact) mass is 262 g/mol. The zero-order valence-corrected chi connectivity index (χ0v) is 10.7. The van der Waals surface area contributed by atoms with Crippen molar-refractivity contribution in [2.24, 2.45) is 0 Å². The van der Waals surface area contributed by atoms with Gasteiger partial charge in [0, 0.05) is 5.56 Å². The van der Waals surface area contributed by atoms with Gasteiger partial charge in [-0.15, -0.1) is 0 Å². The van der Waals surface area contributed by atoms with Gasteiger partial charge >= 0.3 is 0 Å². The van der Waals surface area contributed by atoms with Crippen LogP contribution in [0.1, 0.15) is 30.0 Å². The van der Waals surface area contributed by atoms with E-state index in [-0.39, 0.29) is 10.8 Å². The Labute approximate surface area is 110 Å². The summed E-state index contributed by atoms with van der Waals surface area (Å²) in [4.78, 5) is 8.26. The lowest BCUT2D eigenvalue weighted by molar-refractivity contribution is 0.603. The third-order valence-electron chi connectivity index (χ3n) is 3.20. The topological polar surface area (TPSA) is 25.8 Å². The van der Waals surface area contributed by atoms with Crippen LogP contribution < -0.4 is 0 Å². The van der Waals surface area contributed by atoms with Gasteiger partial charge in [0.25, 0.3) is 0 Å². The van der Waals surface area contributed by atoms with Gasteiger partial charge in [0.2, 0.25) is 0 Å². The number of rotatable bonds is 2. The van der Waals surface area contributed by atoms with Crippen molar-refractivity contribution in [3.05, 3.63) is 46.5 Å². The van der Waals surface area contributed by atoms with Crippen molar-refractivity contribution in [1.82, 2.24) is 9.97 Å². The average Bonchev–Trinajstić information content (AvgIpc) is 3.19. The number of aryl methyl sites for hydroxylation is 1. The Bertz CT molecular complexity index is 585. The summed E-state index contributed by atoms with van der Waals surface area (Å²) >= 11 is 5.79. The standard InChI is InChI=1S/C14H12ClFN2/c1-8-12(16)13(15)18-14(17-8)11-5-3-2-4-10(11)9-6-7-9/h2-5,9H,6-7H2,1H3. The van der Waals surface area contributed by atoms with Crippen LogP contribution in [0.2, 0.25) is 5.15 Å². The molecule has 0 bridgehead atoms. The summed E-state index contributed by atoms with van der Waals surface area (Å²) in [5.74, 6) is 0.569. The minimum atomic E-state index is -0.538. The lowest BCUT2D eigenvalue weighted by atomic mass is 10.0. The highest BCUT2D eigenvalue weighted by Crippen LogP contribution is 2.43. The third kappa shape index (κ3) is 1.99. The Morgan fingerprint density at radius 1 is 1.22 bits per heavy atom. The number of nitrogens with zero attached hydrogens (tertiary/aromatic N) is 2. The van der Waals surface area contributed by atoms with Crippen LogP contribution >= 0.6 is 11.6 Å². The van der Waals surface area contributed by atoms with Crippen molar-refractivity contribution < 1.29 is 4.39 Å². The molecule has 4 heteroatoms. The van der Waals surface area contributed by atoms with Crippen LogP contribution in [0.4, 0.5) is 4.39 Å². The molecule has 18 heavy (non-hydrogen) atoms. The lowest BCUT2D eigenvalue weighted by Gasteiger charge is -2.08. The van der Waals surface area contributed by atoms with Gasteiger partial charge < -0.3 is 0 Å². The summed E-state index contributed by atoms with van der Waals surface area (Å²) in [6.45, 7) is 1.60. The first-order valence-corrected chi connectivity index (χ1v) is 6.33. The number of hydrogen-bond acceptors (Lipinski definition) is 2. The van der Waals surface area contributed by atoms with Gasteiger partial charge in [0.05, 0.1) is 5.69 Å². The van der Waals surface area contributed by atoms with E-state index in [1.165, 1.54) is 18.4 Å². The molecule has 0 radical (unpaired) electrons. The zero-order valence-electron chi connectivity index (χ0n) is 9.95. The second-order valence-corrected chi connectivity index (χ2v) is 4.96. The second-order valence-electron chi connectivity index (χ2n) is 4.60. The highest BCUT2D eigenvalue weighted by molar-refractivity contribution is 6.29. The number of hydrogen-bond donors (Lipinski definition) is 0. The summed E-state index contributed by atoms with van der Waals surface area (Å²) in [6.07, 6.45) is 2.40. The molecule has 2 aromatic rings. The Kier molecular flexibility index (Phi) is 2.78. The van der Waals surface area contributed by atoms with Crippen LogP contribution in [-0.4, -0.2) is 9.97 Å². The maximum atomic E-state index is 13.4. The molecule has 3 rings (SSSR count). The largest absolute Gasteiger partial charge is 0.230 e. The fraction of sp³-hybridized carbons (Fsp3) is 0.286. The summed E-state index contributed by atoms with van der Waals surface area (Å²) in [5, 5.41) is -0.108. The molecule has 0 spiro atoms. The minimum absolute atomic E-state index is 0.108. The number of benzene rings is 1. The van der Waals surface area contributed by atoms with Crippen molar-refractivity contribution in [2.75, 3.05) is 0 Å². The molecule has 0 saturated heterocycles. The Balaban J connectivity index is 2.15. The smallest absolute Gasteiger partial charge is 0.181 e. The summed E-state index contributed by atoms with van der Waals surface area (Å²) < 4.78 is 13.4. The molecule has 0 atom stereocenters. The molecule has 1 aliphatic carbocycles. The van der Waals surface area contributed by atoms with Gasteiger partial charge in [0.1, 0.15) is 0 Å². The van der Waals surface area contributed by atoms with Crippen LogP contribution in [0.25, 0.3) is 11.4 Å². The van der Waals surface area contributed by atoms with Crippen molar-refractivity contribution in [3.8, 4) is 11.4 Å². The molecule has 0 N–H and O–H groups in total. The second kappa shape index (κ2) is 4.32. The van der Waals surface area contributed by atoms with Gasteiger partial charge in [-0.3, -0.25) is 0 Å². The van der Waals surface area contributed by atoms with Crippen molar-refractivity contribution in [1.29, 1.82) is 0 Å². The van der Waals surface area contributed by atoms with E-state index in [1.807, 2.05) is 18.2 Å². The van der Waals surface area contributed by atoms with Crippen LogP contribution in [0.5, 0.6) is 0 Å². The van der Waals surface area contributed by atoms with E-state index in [0.29, 0.717) is 11.7 Å². The van der Waals surface area contributed by atoms with Crippen LogP contribution in [0.15, 0.2) is 24.3 Å². The van der Waals surface area contributed by atoms with Gasteiger partial charge in [-0.2, -0.15) is 0 Å². The molecule has 2 nitrogen and oxygen atoms in total. The Morgan fingerprint density at radius 3 is 2.61 bits per heavy atom. The van der Waals surface area contributed by atoms with Crippen LogP contribution in [0, 0.1) is 12.7 Å². The third-order valence-corrected chi connectivity index (χ3v) is 3.45. The minimum Gasteiger partial charge on any atom is -0.230 e. The summed E-state index contributed by atoms with van der Waals surface area (Å²) in [7, 11) is 0. The van der Waals surface area contributed by atoms with Gasteiger partial charge in [-0.25, -0.2) is 14.4 Å². The molecule has 1 saturated carbocycles. The van der Waals surface area contributed by atoms with E-state index in [4.69, 9.17) is 11.6 Å². The highest BCUT2D eigenvalue weighted by atomic mass is 35.5. The highest BCUT2D eigenvalue weighted by Gasteiger charge is 2.27. The number of halogens is 2. The Morgan fingerprint density at radius 2 is 1.94 bits per heavy atom. The summed E-state index contributed by atoms with van der Waals surface area (Å²) in [5.41, 5.74) is 2.49. The molecule has 0 amide bonds. The van der Waals surface area contributed by atoms with Gasteiger partial charge in [0.15, 0.2) is 16.8 Å². The molecule has 92 valence electrons. The van der Waals surface area contributed by atoms with Crippen LogP contribution in [-0.2, 0) is 0 Å². The van der Waals surface area contributed by atoms with Gasteiger partial charge in [-0.05, 0) is 31.2 Å². The molecular weight excluding hydrogens is 251 g/mol. The normalized spacial score (nSPS) is 14.8. The van der Waals surface area contributed by atoms with Gasteiger partial charge in [-0.1, -0.05) is 35.9 Å². The maximum Gasteiger partial charge on any atom is 0.181 e. The number of aromatic nitrogens is 2. The van der Waals surface area contributed by atoms with E-state index in [9.17, 15) is 4.39 Å². The molecule has 1 heterocycles. The lowest BCUT2D eigenvalue weighted by Crippen LogP contribution is -1.99. The van der Waals surface area contributed by atoms with Crippen molar-refractivity contribution >= 4 is 11.6 Å². The first-order chi connectivity index (χ1) is 8.66. The van der Waals surface area contributed by atoms with Crippen molar-refractivity contribution in [2.45, 2.75) is 25.7 Å². The van der Waals surface area contributed by atoms with E-state index < -0.39 is 5.82 Å². The fourth-order valence-corrected chi connectivity index (χ4v) is 2.31. The first-order valence-electron chi connectivity index (χ1n) is 5.95. The fourth-order valence-electron chi connectivity index (χ4n) is 2.10. The molecule has 1 aliphatic rings. The van der Waals surface area contributed by atoms with E-state index in [2.05, 4.69) is 16.0 Å². The van der Waals surface area contributed by atoms with E-state index >= 15 is 0 Å². The molecule has 1 aromatic heterocycles. The molecule has 0 aliphatic heterocycles. The molecule has 0 unspecified atom stereocenters. The quantitative estimate of drug-likeness (QED) is 0.761. The molecule has 1 aromatic carbocycles. The van der Waals surface area contributed by atoms with Crippen molar-refractivity contribution in [3.63, 3.8) is 0 Å². The molecular formula is C14H12ClFN2. The maximum absolute atomic E-state index is 13.4. The molecule has 1 fully saturated rings. The average molecular weight is 263 g/mol. The van der Waals surface area contributed by atoms with E-state index in [1.54, 1.807) is 6.92 Å².